The zero-order valence-corrected chi connectivity index (χ0v) is 23.6. The van der Waals surface area contributed by atoms with Crippen LogP contribution < -0.4 is 14.2 Å². The maximum Gasteiger partial charge on any atom is 0.339 e. The van der Waals surface area contributed by atoms with Crippen LogP contribution >= 0.6 is 34.2 Å². The number of anilines is 1. The smallest absolute Gasteiger partial charge is 0.339 e. The van der Waals surface area contributed by atoms with E-state index in [0.717, 1.165) is 11.6 Å². The number of nitro benzene ring substituents is 1. The lowest BCUT2D eigenvalue weighted by Crippen LogP contribution is -2.14. The fourth-order valence-electron chi connectivity index (χ4n) is 3.11. The molecule has 0 heterocycles. The number of carbonyl (C=O) groups is 1. The molecule has 0 bridgehead atoms. The number of nitriles is 1. The van der Waals surface area contributed by atoms with Gasteiger partial charge < -0.3 is 14.2 Å². The second-order valence-corrected chi connectivity index (χ2v) is 10.8. The molecule has 1 amide bonds. The van der Waals surface area contributed by atoms with Crippen LogP contribution in [0.1, 0.15) is 18.1 Å². The molecule has 10 nitrogen and oxygen atoms in total. The molecule has 0 saturated carbocycles. The van der Waals surface area contributed by atoms with Crippen molar-refractivity contribution in [3.8, 4) is 17.6 Å². The van der Waals surface area contributed by atoms with Gasteiger partial charge in [0.05, 0.1) is 25.8 Å². The van der Waals surface area contributed by atoms with Crippen molar-refractivity contribution in [2.45, 2.75) is 18.7 Å². The highest BCUT2D eigenvalue weighted by Gasteiger charge is 2.23. The first kappa shape index (κ1) is 28.9. The second kappa shape index (κ2) is 12.2. The maximum absolute atomic E-state index is 12.8. The van der Waals surface area contributed by atoms with Crippen LogP contribution in [0.25, 0.3) is 6.08 Å². The number of non-ortho nitro benzene ring substituents is 1. The average molecular weight is 668 g/mol. The molecule has 0 saturated heterocycles. The largest absolute Gasteiger partial charge is 0.490 e. The molecule has 0 aliphatic rings. The van der Waals surface area contributed by atoms with Gasteiger partial charge in [0, 0.05) is 12.1 Å². The fourth-order valence-corrected chi connectivity index (χ4v) is 5.11. The van der Waals surface area contributed by atoms with Crippen molar-refractivity contribution >= 4 is 67.7 Å². The first-order valence-corrected chi connectivity index (χ1v) is 13.7. The summed E-state index contributed by atoms with van der Waals surface area (Å²) in [5.41, 5.74) is 0.553. The molecule has 0 radical (unpaired) electrons. The summed E-state index contributed by atoms with van der Waals surface area (Å²) in [5.74, 6) is -0.817. The topological polar surface area (TPSA) is 149 Å². The number of hydrogen-bond donors (Lipinski definition) is 1. The Bertz CT molecular complexity index is 1580. The van der Waals surface area contributed by atoms with E-state index in [2.05, 4.69) is 5.32 Å². The highest BCUT2D eigenvalue weighted by atomic mass is 127. The van der Waals surface area contributed by atoms with Crippen molar-refractivity contribution in [3.63, 3.8) is 0 Å². The van der Waals surface area contributed by atoms with E-state index in [4.69, 9.17) is 20.5 Å². The molecule has 0 unspecified atom stereocenters. The van der Waals surface area contributed by atoms with E-state index >= 15 is 0 Å². The molecule has 196 valence electrons. The summed E-state index contributed by atoms with van der Waals surface area (Å²) in [6, 6.07) is 14.4. The van der Waals surface area contributed by atoms with Crippen molar-refractivity contribution in [1.29, 1.82) is 5.26 Å². The SMILES string of the molecule is CCOc1cc(/C=C(\C#N)C(=O)Nc2cc([N+](=O)[O-])ccc2Cl)cc(I)c1OS(=O)(=O)c1ccc(C)cc1. The van der Waals surface area contributed by atoms with Gasteiger partial charge in [-0.3, -0.25) is 14.9 Å². The number of rotatable bonds is 9. The third-order valence-corrected chi connectivity index (χ3v) is 7.29. The van der Waals surface area contributed by atoms with Gasteiger partial charge in [0.2, 0.25) is 0 Å². The van der Waals surface area contributed by atoms with Crippen LogP contribution in [0.2, 0.25) is 5.02 Å². The lowest BCUT2D eigenvalue weighted by Gasteiger charge is -2.15. The van der Waals surface area contributed by atoms with E-state index in [1.807, 2.05) is 29.5 Å². The third kappa shape index (κ3) is 7.00. The molecule has 0 atom stereocenters. The Labute approximate surface area is 237 Å². The van der Waals surface area contributed by atoms with Crippen molar-refractivity contribution in [2.75, 3.05) is 11.9 Å². The predicted octanol–water partition coefficient (Wildman–Crippen LogP) is 5.87. The Kier molecular flexibility index (Phi) is 9.31. The van der Waals surface area contributed by atoms with Gasteiger partial charge in [0.25, 0.3) is 11.6 Å². The quantitative estimate of drug-likeness (QED) is 0.0744. The normalized spacial score (nSPS) is 11.4. The average Bonchev–Trinajstić information content (AvgIpc) is 2.86. The molecule has 0 fully saturated rings. The minimum absolute atomic E-state index is 0.0337. The molecule has 3 rings (SSSR count). The standard InChI is InChI=1S/C25H19ClIN3O7S/c1-3-36-23-12-16(11-21(27)24(23)37-38(34,35)19-7-4-15(2)5-8-19)10-17(14-28)25(31)29-22-13-18(30(32)33)6-9-20(22)26/h4-13H,3H2,1-2H3,(H,29,31)/b17-10+. The van der Waals surface area contributed by atoms with Crippen molar-refractivity contribution in [3.05, 3.63) is 90.0 Å². The van der Waals surface area contributed by atoms with E-state index in [1.165, 1.54) is 42.5 Å². The van der Waals surface area contributed by atoms with Crippen molar-refractivity contribution < 1.29 is 27.1 Å². The Balaban J connectivity index is 1.95. The molecule has 13 heteroatoms. The van der Waals surface area contributed by atoms with E-state index in [0.29, 0.717) is 9.13 Å². The van der Waals surface area contributed by atoms with E-state index in [1.54, 1.807) is 25.1 Å². The predicted molar refractivity (Wildman–Crippen MR) is 150 cm³/mol. The summed E-state index contributed by atoms with van der Waals surface area (Å²) in [7, 11) is -4.17. The molecule has 3 aromatic carbocycles. The van der Waals surface area contributed by atoms with Gasteiger partial charge in [-0.25, -0.2) is 0 Å². The van der Waals surface area contributed by atoms with Crippen LogP contribution in [0, 0.1) is 31.9 Å². The highest BCUT2D eigenvalue weighted by Crippen LogP contribution is 2.37. The number of benzene rings is 3. The van der Waals surface area contributed by atoms with Gasteiger partial charge in [-0.15, -0.1) is 0 Å². The number of halogens is 2. The van der Waals surface area contributed by atoms with Crippen LogP contribution in [0.5, 0.6) is 11.5 Å². The molecule has 0 aromatic heterocycles. The summed E-state index contributed by atoms with van der Waals surface area (Å²) < 4.78 is 37.0. The number of nitro groups is 1. The molecule has 0 spiro atoms. The Hall–Kier alpha value is -3.67. The van der Waals surface area contributed by atoms with Gasteiger partial charge in [0.15, 0.2) is 11.5 Å². The lowest BCUT2D eigenvalue weighted by molar-refractivity contribution is -0.384. The maximum atomic E-state index is 12.8. The fraction of sp³-hybridized carbons (Fsp3) is 0.120. The summed E-state index contributed by atoms with van der Waals surface area (Å²) in [6.07, 6.45) is 1.25. The highest BCUT2D eigenvalue weighted by molar-refractivity contribution is 14.1. The molecular formula is C25H19ClIN3O7S. The van der Waals surface area contributed by atoms with Crippen molar-refractivity contribution in [1.82, 2.24) is 0 Å². The van der Waals surface area contributed by atoms with Gasteiger partial charge >= 0.3 is 10.1 Å². The number of aryl methyl sites for hydroxylation is 1. The third-order valence-electron chi connectivity index (χ3n) is 4.92. The molecule has 3 aromatic rings. The number of nitrogens with one attached hydrogen (secondary N) is 1. The Morgan fingerprint density at radius 1 is 1.21 bits per heavy atom. The number of amides is 1. The van der Waals surface area contributed by atoms with Gasteiger partial charge in [0.1, 0.15) is 16.5 Å². The minimum Gasteiger partial charge on any atom is -0.490 e. The van der Waals surface area contributed by atoms with Crippen LogP contribution in [0.4, 0.5) is 11.4 Å². The van der Waals surface area contributed by atoms with E-state index < -0.39 is 20.9 Å². The lowest BCUT2D eigenvalue weighted by atomic mass is 10.1. The van der Waals surface area contributed by atoms with Crippen LogP contribution in [-0.4, -0.2) is 25.9 Å². The van der Waals surface area contributed by atoms with E-state index in [9.17, 15) is 28.6 Å². The Morgan fingerprint density at radius 2 is 1.89 bits per heavy atom. The van der Waals surface area contributed by atoms with Gasteiger partial charge in [-0.1, -0.05) is 29.3 Å². The number of carbonyl (C=O) groups excluding carboxylic acids is 1. The summed E-state index contributed by atoms with van der Waals surface area (Å²) in [6.45, 7) is 3.71. The molecule has 1 N–H and O–H groups in total. The number of ether oxygens (including phenoxy) is 1. The first-order valence-electron chi connectivity index (χ1n) is 10.8. The molecular weight excluding hydrogens is 649 g/mol. The number of hydrogen-bond acceptors (Lipinski definition) is 8. The summed E-state index contributed by atoms with van der Waals surface area (Å²) in [4.78, 5) is 23.1. The van der Waals surface area contributed by atoms with Crippen LogP contribution in [0.3, 0.4) is 0 Å². The second-order valence-electron chi connectivity index (χ2n) is 7.66. The monoisotopic (exact) mass is 667 g/mol. The van der Waals surface area contributed by atoms with E-state index in [-0.39, 0.29) is 45.0 Å². The Morgan fingerprint density at radius 3 is 2.50 bits per heavy atom. The van der Waals surface area contributed by atoms with Gasteiger partial charge in [-0.05, 0) is 78.4 Å². The minimum atomic E-state index is -4.17. The summed E-state index contributed by atoms with van der Waals surface area (Å²) in [5, 5.41) is 23.1. The van der Waals surface area contributed by atoms with Gasteiger partial charge in [-0.2, -0.15) is 13.7 Å². The first-order chi connectivity index (χ1) is 17.9. The van der Waals surface area contributed by atoms with Crippen molar-refractivity contribution in [2.24, 2.45) is 0 Å². The zero-order chi connectivity index (χ0) is 28.0. The molecule has 0 aliphatic heterocycles. The summed E-state index contributed by atoms with van der Waals surface area (Å²) >= 11 is 7.89. The number of nitrogens with zero attached hydrogens (tertiary/aromatic N) is 2. The van der Waals surface area contributed by atoms with Crippen LogP contribution in [0.15, 0.2) is 65.1 Å². The zero-order valence-electron chi connectivity index (χ0n) is 19.9. The molecule has 38 heavy (non-hydrogen) atoms. The van der Waals surface area contributed by atoms with Crippen LogP contribution in [-0.2, 0) is 14.9 Å². The molecule has 0 aliphatic carbocycles.